The first-order valence-electron chi connectivity index (χ1n) is 10.6. The van der Waals surface area contributed by atoms with Gasteiger partial charge in [-0.05, 0) is 79.3 Å². The number of thiocarbonyl (C=S) groups is 1. The van der Waals surface area contributed by atoms with Gasteiger partial charge in [-0.3, -0.25) is 10.1 Å². The normalized spacial score (nSPS) is 11.0. The molecule has 0 atom stereocenters. The molecule has 6 nitrogen and oxygen atoms in total. The van der Waals surface area contributed by atoms with Gasteiger partial charge in [-0.25, -0.2) is 4.98 Å². The van der Waals surface area contributed by atoms with Gasteiger partial charge >= 0.3 is 0 Å². The van der Waals surface area contributed by atoms with Crippen LogP contribution in [-0.4, -0.2) is 16.0 Å². The van der Waals surface area contributed by atoms with E-state index in [2.05, 4.69) is 15.6 Å². The van der Waals surface area contributed by atoms with Gasteiger partial charge in [0.15, 0.2) is 16.5 Å². The Bertz CT molecular complexity index is 1640. The number of nitrogens with zero attached hydrogens (tertiary/aromatic N) is 1. The standard InChI is InChI=1S/C26H16Cl3N3O3S/c1-13-5-8-21-19(11-13)30-25(35-21)14-6-7-16(27)18(12-14)31-26(36)32-24(33)22-10-9-20(34-22)15-3-2-4-17(28)23(15)29/h2-12H,1H3,(H2,31,32,33,36). The van der Waals surface area contributed by atoms with Crippen molar-refractivity contribution in [2.45, 2.75) is 6.92 Å². The van der Waals surface area contributed by atoms with Gasteiger partial charge in [-0.1, -0.05) is 46.9 Å². The van der Waals surface area contributed by atoms with Crippen molar-refractivity contribution in [2.24, 2.45) is 0 Å². The van der Waals surface area contributed by atoms with Gasteiger partial charge in [0.05, 0.1) is 20.8 Å². The predicted octanol–water partition coefficient (Wildman–Crippen LogP) is 8.15. The third-order valence-electron chi connectivity index (χ3n) is 5.28. The largest absolute Gasteiger partial charge is 0.451 e. The minimum atomic E-state index is -0.543. The Morgan fingerprint density at radius 3 is 2.61 bits per heavy atom. The van der Waals surface area contributed by atoms with E-state index < -0.39 is 5.91 Å². The van der Waals surface area contributed by atoms with Gasteiger partial charge in [0.2, 0.25) is 5.89 Å². The Labute approximate surface area is 226 Å². The molecule has 10 heteroatoms. The first-order valence-corrected chi connectivity index (χ1v) is 12.2. The molecule has 0 aliphatic heterocycles. The number of hydrogen-bond donors (Lipinski definition) is 2. The molecule has 0 saturated heterocycles. The number of anilines is 1. The molecule has 0 fully saturated rings. The number of fused-ring (bicyclic) bond motifs is 1. The monoisotopic (exact) mass is 555 g/mol. The number of carbonyl (C=O) groups excluding carboxylic acids is 1. The van der Waals surface area contributed by atoms with E-state index in [1.165, 1.54) is 6.07 Å². The van der Waals surface area contributed by atoms with Crippen LogP contribution >= 0.6 is 47.0 Å². The molecular weight excluding hydrogens is 541 g/mol. The molecule has 5 rings (SSSR count). The van der Waals surface area contributed by atoms with Crippen molar-refractivity contribution >= 4 is 74.8 Å². The summed E-state index contributed by atoms with van der Waals surface area (Å²) in [5.74, 6) is 0.342. The molecule has 2 heterocycles. The number of carbonyl (C=O) groups is 1. The smallest absolute Gasteiger partial charge is 0.293 e. The molecule has 180 valence electrons. The van der Waals surface area contributed by atoms with Crippen molar-refractivity contribution in [1.82, 2.24) is 10.3 Å². The van der Waals surface area contributed by atoms with E-state index in [0.717, 1.165) is 11.1 Å². The van der Waals surface area contributed by atoms with E-state index in [4.69, 9.17) is 55.9 Å². The molecule has 2 N–H and O–H groups in total. The number of halogens is 3. The summed E-state index contributed by atoms with van der Waals surface area (Å²) in [6.45, 7) is 1.99. The molecule has 2 aromatic heterocycles. The molecule has 0 unspecified atom stereocenters. The summed E-state index contributed by atoms with van der Waals surface area (Å²) >= 11 is 24.0. The van der Waals surface area contributed by atoms with Gasteiger partial charge in [-0.15, -0.1) is 0 Å². The Morgan fingerprint density at radius 2 is 1.78 bits per heavy atom. The highest BCUT2D eigenvalue weighted by atomic mass is 35.5. The summed E-state index contributed by atoms with van der Waals surface area (Å²) in [6, 6.07) is 19.3. The first-order chi connectivity index (χ1) is 17.3. The zero-order chi connectivity index (χ0) is 25.4. The third kappa shape index (κ3) is 4.96. The average Bonchev–Trinajstić information content (AvgIpc) is 3.49. The summed E-state index contributed by atoms with van der Waals surface area (Å²) in [4.78, 5) is 17.2. The van der Waals surface area contributed by atoms with Gasteiger partial charge in [-0.2, -0.15) is 0 Å². The van der Waals surface area contributed by atoms with Crippen molar-refractivity contribution in [3.05, 3.63) is 93.1 Å². The van der Waals surface area contributed by atoms with Crippen molar-refractivity contribution < 1.29 is 13.6 Å². The van der Waals surface area contributed by atoms with E-state index in [-0.39, 0.29) is 10.9 Å². The summed E-state index contributed by atoms with van der Waals surface area (Å²) < 4.78 is 11.5. The van der Waals surface area contributed by atoms with E-state index in [9.17, 15) is 4.79 Å². The van der Waals surface area contributed by atoms with Crippen LogP contribution in [-0.2, 0) is 0 Å². The van der Waals surface area contributed by atoms with Gasteiger partial charge < -0.3 is 14.2 Å². The van der Waals surface area contributed by atoms with Crippen molar-refractivity contribution in [3.8, 4) is 22.8 Å². The third-order valence-corrected chi connectivity index (χ3v) is 6.63. The van der Waals surface area contributed by atoms with Crippen LogP contribution in [0.3, 0.4) is 0 Å². The van der Waals surface area contributed by atoms with E-state index in [1.807, 2.05) is 25.1 Å². The highest BCUT2D eigenvalue weighted by molar-refractivity contribution is 7.80. The van der Waals surface area contributed by atoms with Gasteiger partial charge in [0.25, 0.3) is 5.91 Å². The molecule has 3 aromatic carbocycles. The van der Waals surface area contributed by atoms with Crippen molar-refractivity contribution in [3.63, 3.8) is 0 Å². The van der Waals surface area contributed by atoms with Crippen LogP contribution in [0.15, 0.2) is 75.6 Å². The van der Waals surface area contributed by atoms with Crippen molar-refractivity contribution in [2.75, 3.05) is 5.32 Å². The lowest BCUT2D eigenvalue weighted by Crippen LogP contribution is -2.34. The van der Waals surface area contributed by atoms with Crippen LogP contribution in [0.25, 0.3) is 33.9 Å². The van der Waals surface area contributed by atoms with Crippen LogP contribution in [0.5, 0.6) is 0 Å². The molecule has 0 aliphatic carbocycles. The van der Waals surface area contributed by atoms with E-state index in [1.54, 1.807) is 42.5 Å². The Hall–Kier alpha value is -3.36. The zero-order valence-electron chi connectivity index (χ0n) is 18.6. The van der Waals surface area contributed by atoms with Crippen LogP contribution in [0.4, 0.5) is 5.69 Å². The number of hydrogen-bond acceptors (Lipinski definition) is 5. The van der Waals surface area contributed by atoms with Gasteiger partial charge in [0, 0.05) is 11.1 Å². The lowest BCUT2D eigenvalue weighted by molar-refractivity contribution is 0.0951. The topological polar surface area (TPSA) is 80.3 Å². The maximum Gasteiger partial charge on any atom is 0.293 e. The summed E-state index contributed by atoms with van der Waals surface area (Å²) in [5.41, 5.74) is 4.26. The number of aromatic nitrogens is 1. The SMILES string of the molecule is Cc1ccc2oc(-c3ccc(Cl)c(NC(=S)NC(=O)c4ccc(-c5cccc(Cl)c5Cl)o4)c3)nc2c1. The molecule has 0 aliphatic rings. The minimum Gasteiger partial charge on any atom is -0.451 e. The summed E-state index contributed by atoms with van der Waals surface area (Å²) in [5, 5.41) is 6.67. The molecule has 0 bridgehead atoms. The van der Waals surface area contributed by atoms with E-state index >= 15 is 0 Å². The number of nitrogens with one attached hydrogen (secondary N) is 2. The number of amides is 1. The van der Waals surface area contributed by atoms with Crippen molar-refractivity contribution in [1.29, 1.82) is 0 Å². The number of benzene rings is 3. The highest BCUT2D eigenvalue weighted by Crippen LogP contribution is 2.34. The van der Waals surface area contributed by atoms with Gasteiger partial charge in [0.1, 0.15) is 11.3 Å². The first kappa shape index (κ1) is 24.3. The zero-order valence-corrected chi connectivity index (χ0v) is 21.6. The lowest BCUT2D eigenvalue weighted by Gasteiger charge is -2.11. The molecule has 0 radical (unpaired) electrons. The molecule has 0 saturated carbocycles. The number of rotatable bonds is 4. The fourth-order valence-corrected chi connectivity index (χ4v) is 4.29. The minimum absolute atomic E-state index is 0.0333. The second-order valence-corrected chi connectivity index (χ2v) is 9.46. The lowest BCUT2D eigenvalue weighted by atomic mass is 10.2. The Morgan fingerprint density at radius 1 is 0.944 bits per heavy atom. The maximum absolute atomic E-state index is 12.7. The van der Waals surface area contributed by atoms with Crippen LogP contribution in [0, 0.1) is 6.92 Å². The second kappa shape index (κ2) is 9.95. The predicted molar refractivity (Wildman–Crippen MR) is 147 cm³/mol. The average molecular weight is 557 g/mol. The summed E-state index contributed by atoms with van der Waals surface area (Å²) in [7, 11) is 0. The molecule has 36 heavy (non-hydrogen) atoms. The number of aryl methyl sites for hydroxylation is 1. The molecular formula is C26H16Cl3N3O3S. The molecule has 0 spiro atoms. The summed E-state index contributed by atoms with van der Waals surface area (Å²) in [6.07, 6.45) is 0. The van der Waals surface area contributed by atoms with Crippen LogP contribution < -0.4 is 10.6 Å². The fraction of sp³-hybridized carbons (Fsp3) is 0.0385. The number of furan rings is 1. The Kier molecular flexibility index (Phi) is 6.73. The highest BCUT2D eigenvalue weighted by Gasteiger charge is 2.17. The fourth-order valence-electron chi connectivity index (χ4n) is 3.53. The number of oxazole rings is 1. The van der Waals surface area contributed by atoms with Crippen LogP contribution in [0.2, 0.25) is 15.1 Å². The van der Waals surface area contributed by atoms with Crippen LogP contribution in [0.1, 0.15) is 16.1 Å². The molecule has 5 aromatic rings. The second-order valence-electron chi connectivity index (χ2n) is 7.86. The molecule has 1 amide bonds. The quantitative estimate of drug-likeness (QED) is 0.217. The maximum atomic E-state index is 12.7. The Balaban J connectivity index is 1.31. The van der Waals surface area contributed by atoms with E-state index in [0.29, 0.717) is 49.1 Å².